The van der Waals surface area contributed by atoms with Crippen LogP contribution in [0.4, 0.5) is 16.3 Å². The summed E-state index contributed by atoms with van der Waals surface area (Å²) in [5.41, 5.74) is 1.43. The number of amides is 3. The number of anilines is 2. The maximum absolute atomic E-state index is 12.7. The first-order valence-corrected chi connectivity index (χ1v) is 11.4. The van der Waals surface area contributed by atoms with E-state index in [1.54, 1.807) is 53.7 Å². The summed E-state index contributed by atoms with van der Waals surface area (Å²) in [6.07, 6.45) is 5.06. The lowest BCUT2D eigenvalue weighted by Crippen LogP contribution is -2.61. The van der Waals surface area contributed by atoms with E-state index in [1.165, 1.54) is 11.9 Å². The van der Waals surface area contributed by atoms with E-state index in [0.29, 0.717) is 24.5 Å². The summed E-state index contributed by atoms with van der Waals surface area (Å²) in [5.74, 6) is 0.402. The molecule has 0 saturated carbocycles. The standard InChI is InChI=1S/C25H24N6O2S/c1-3-21(23-17(2)7-6-14-27-23)34-30-19-11-9-18(10-12-19)24(32)31-15-20(16-31)28-25(33)29-22-8-4-5-13-26-22/h3-14,20,30H,1-2,15-16H2,(H2,26,28,29,33)/b23-21-. The highest BCUT2D eigenvalue weighted by atomic mass is 32.2. The predicted molar refractivity (Wildman–Crippen MR) is 136 cm³/mol. The van der Waals surface area contributed by atoms with Gasteiger partial charge in [0.25, 0.3) is 5.91 Å². The second kappa shape index (κ2) is 10.7. The Bertz CT molecular complexity index is 1290. The van der Waals surface area contributed by atoms with Crippen molar-refractivity contribution in [1.29, 1.82) is 0 Å². The van der Waals surface area contributed by atoms with Crippen molar-refractivity contribution < 1.29 is 9.59 Å². The number of rotatable bonds is 7. The maximum Gasteiger partial charge on any atom is 0.320 e. The molecule has 0 aliphatic carbocycles. The Morgan fingerprint density at radius 3 is 2.47 bits per heavy atom. The number of hydrogen-bond donors (Lipinski definition) is 3. The monoisotopic (exact) mass is 472 g/mol. The summed E-state index contributed by atoms with van der Waals surface area (Å²) in [5, 5.41) is 7.11. The molecule has 3 N–H and O–H groups in total. The number of carbonyl (C=O) groups is 2. The largest absolute Gasteiger partial charge is 0.334 e. The first-order chi connectivity index (χ1) is 16.5. The average Bonchev–Trinajstić information content (AvgIpc) is 2.83. The van der Waals surface area contributed by atoms with Crippen molar-refractivity contribution in [1.82, 2.24) is 20.2 Å². The fraction of sp³-hybridized carbons (Fsp3) is 0.120. The van der Waals surface area contributed by atoms with E-state index < -0.39 is 0 Å². The lowest BCUT2D eigenvalue weighted by atomic mass is 10.1. The van der Waals surface area contributed by atoms with Crippen molar-refractivity contribution >= 4 is 46.9 Å². The molecule has 1 saturated heterocycles. The van der Waals surface area contributed by atoms with Crippen LogP contribution in [0.3, 0.4) is 0 Å². The molecule has 9 heteroatoms. The van der Waals surface area contributed by atoms with Gasteiger partial charge in [-0.25, -0.2) is 9.78 Å². The Hall–Kier alpha value is -4.11. The van der Waals surface area contributed by atoms with Crippen molar-refractivity contribution in [3.8, 4) is 0 Å². The van der Waals surface area contributed by atoms with Crippen molar-refractivity contribution in [2.45, 2.75) is 6.04 Å². The highest BCUT2D eigenvalue weighted by Gasteiger charge is 2.32. The van der Waals surface area contributed by atoms with Gasteiger partial charge >= 0.3 is 6.03 Å². The van der Waals surface area contributed by atoms with Crippen LogP contribution in [0.1, 0.15) is 10.4 Å². The van der Waals surface area contributed by atoms with Gasteiger partial charge in [-0.1, -0.05) is 31.4 Å². The number of urea groups is 1. The molecule has 3 heterocycles. The zero-order valence-corrected chi connectivity index (χ0v) is 19.2. The number of nitrogens with zero attached hydrogens (tertiary/aromatic N) is 3. The van der Waals surface area contributed by atoms with Gasteiger partial charge in [-0.3, -0.25) is 15.1 Å². The van der Waals surface area contributed by atoms with Crippen LogP contribution in [0.15, 0.2) is 79.6 Å². The van der Waals surface area contributed by atoms with Crippen LogP contribution in [-0.4, -0.2) is 45.9 Å². The third-order valence-corrected chi connectivity index (χ3v) is 6.05. The Balaban J connectivity index is 1.27. The summed E-state index contributed by atoms with van der Waals surface area (Å²) >= 11 is 1.38. The number of aromatic nitrogens is 2. The van der Waals surface area contributed by atoms with Crippen LogP contribution in [-0.2, 0) is 0 Å². The quantitative estimate of drug-likeness (QED) is 0.457. The average molecular weight is 473 g/mol. The SMILES string of the molecule is C=C/C(SNc1ccc(C(=O)N2CC(NC(=O)Nc3ccccn3)C2)cc1)=c1/ncccc1=C. The zero-order chi connectivity index (χ0) is 23.9. The number of hydrogen-bond acceptors (Lipinski definition) is 6. The van der Waals surface area contributed by atoms with Gasteiger partial charge in [-0.05, 0) is 59.6 Å². The molecule has 1 aliphatic heterocycles. The Kier molecular flexibility index (Phi) is 7.24. The second-order valence-electron chi connectivity index (χ2n) is 7.58. The van der Waals surface area contributed by atoms with Crippen LogP contribution in [0, 0.1) is 0 Å². The van der Waals surface area contributed by atoms with E-state index in [1.807, 2.05) is 24.3 Å². The van der Waals surface area contributed by atoms with Gasteiger partial charge in [0.1, 0.15) is 5.82 Å². The lowest BCUT2D eigenvalue weighted by molar-refractivity contribution is 0.0580. The molecule has 0 unspecified atom stereocenters. The van der Waals surface area contributed by atoms with Crippen molar-refractivity contribution in [2.24, 2.45) is 0 Å². The molecule has 0 spiro atoms. The van der Waals surface area contributed by atoms with Gasteiger partial charge in [-0.2, -0.15) is 0 Å². The summed E-state index contributed by atoms with van der Waals surface area (Å²) in [4.78, 5) is 35.7. The Labute approximate surface area is 201 Å². The molecule has 34 heavy (non-hydrogen) atoms. The van der Waals surface area contributed by atoms with E-state index >= 15 is 0 Å². The molecule has 4 rings (SSSR count). The van der Waals surface area contributed by atoms with Crippen LogP contribution in [0.2, 0.25) is 0 Å². The zero-order valence-electron chi connectivity index (χ0n) is 18.4. The van der Waals surface area contributed by atoms with Crippen molar-refractivity contribution in [3.63, 3.8) is 0 Å². The molecule has 0 radical (unpaired) electrons. The highest BCUT2D eigenvalue weighted by molar-refractivity contribution is 8.09. The minimum atomic E-state index is -0.337. The van der Waals surface area contributed by atoms with Crippen LogP contribution >= 0.6 is 11.9 Å². The molecule has 3 aromatic rings. The molecule has 1 aromatic carbocycles. The number of carbonyl (C=O) groups excluding carboxylic acids is 2. The van der Waals surface area contributed by atoms with Gasteiger partial charge in [0.15, 0.2) is 0 Å². The summed E-state index contributed by atoms with van der Waals surface area (Å²) in [6.45, 7) is 8.78. The molecule has 3 amide bonds. The summed E-state index contributed by atoms with van der Waals surface area (Å²) < 4.78 is 3.25. The lowest BCUT2D eigenvalue weighted by Gasteiger charge is -2.39. The van der Waals surface area contributed by atoms with Gasteiger partial charge in [0.2, 0.25) is 0 Å². The fourth-order valence-corrected chi connectivity index (χ4v) is 4.06. The molecular weight excluding hydrogens is 448 g/mol. The summed E-state index contributed by atoms with van der Waals surface area (Å²) in [7, 11) is 0. The van der Waals surface area contributed by atoms with E-state index in [-0.39, 0.29) is 18.0 Å². The van der Waals surface area contributed by atoms with Crippen molar-refractivity contribution in [2.75, 3.05) is 23.1 Å². The molecule has 0 atom stereocenters. The Morgan fingerprint density at radius 2 is 1.79 bits per heavy atom. The number of likely N-dealkylation sites (tertiary alicyclic amines) is 1. The fourth-order valence-electron chi connectivity index (χ4n) is 3.33. The van der Waals surface area contributed by atoms with Gasteiger partial charge < -0.3 is 14.9 Å². The normalized spacial score (nSPS) is 13.9. The summed E-state index contributed by atoms with van der Waals surface area (Å²) in [6, 6.07) is 15.8. The molecule has 1 fully saturated rings. The molecule has 172 valence electrons. The highest BCUT2D eigenvalue weighted by Crippen LogP contribution is 2.21. The number of nitrogens with one attached hydrogen (secondary N) is 3. The van der Waals surface area contributed by atoms with E-state index in [0.717, 1.165) is 21.2 Å². The first-order valence-electron chi connectivity index (χ1n) is 10.6. The number of pyridine rings is 2. The Morgan fingerprint density at radius 1 is 1.03 bits per heavy atom. The van der Waals surface area contributed by atoms with Crippen LogP contribution in [0.5, 0.6) is 0 Å². The molecule has 8 nitrogen and oxygen atoms in total. The van der Waals surface area contributed by atoms with Crippen LogP contribution < -0.4 is 25.9 Å². The maximum atomic E-state index is 12.7. The van der Waals surface area contributed by atoms with Crippen molar-refractivity contribution in [3.05, 3.63) is 95.8 Å². The molecular formula is C25H24N6O2S. The minimum Gasteiger partial charge on any atom is -0.334 e. The van der Waals surface area contributed by atoms with Crippen LogP contribution in [0.25, 0.3) is 11.5 Å². The topological polar surface area (TPSA) is 99.2 Å². The van der Waals surface area contributed by atoms with Gasteiger partial charge in [0.05, 0.1) is 16.3 Å². The third kappa shape index (κ3) is 5.62. The smallest absolute Gasteiger partial charge is 0.320 e. The molecule has 0 bridgehead atoms. The minimum absolute atomic E-state index is 0.0732. The predicted octanol–water partition coefficient (Wildman–Crippen LogP) is 2.59. The third-order valence-electron chi connectivity index (χ3n) is 5.13. The van der Waals surface area contributed by atoms with Gasteiger partial charge in [0, 0.05) is 36.7 Å². The van der Waals surface area contributed by atoms with E-state index in [4.69, 9.17) is 0 Å². The molecule has 2 aromatic heterocycles. The molecule has 1 aliphatic rings. The van der Waals surface area contributed by atoms with E-state index in [9.17, 15) is 9.59 Å². The second-order valence-corrected chi connectivity index (χ2v) is 8.43. The van der Waals surface area contributed by atoms with Gasteiger partial charge in [-0.15, -0.1) is 0 Å². The first kappa shape index (κ1) is 23.1. The number of benzene rings is 1. The van der Waals surface area contributed by atoms with E-state index in [2.05, 4.69) is 38.5 Å².